The van der Waals surface area contributed by atoms with E-state index in [1.54, 1.807) is 89.8 Å². The normalized spacial score (nSPS) is 15.5. The number of esters is 1. The van der Waals surface area contributed by atoms with Gasteiger partial charge in [-0.05, 0) is 83.4 Å². The standard InChI is InChI=1S/C39H37ClN4O8S/c1-50-36-19-25(11-18-35(36)42-39(47)41-34-10-6-5-9-33(34)40)20-37(45)44-23-29(22-30(44)24-52-31-15-12-27(13-16-31)38(46)51-2)43-53(48,49)32-17-14-26-7-3-4-8-28(26)21-32/h3-19,21,29-30,43H,20,22-24H2,1-2H3,(H2,41,42,47)/t29-,30-/m0/s1. The lowest BCUT2D eigenvalue weighted by Crippen LogP contribution is -2.41. The van der Waals surface area contributed by atoms with E-state index in [9.17, 15) is 22.8 Å². The van der Waals surface area contributed by atoms with E-state index >= 15 is 0 Å². The first kappa shape index (κ1) is 37.1. The lowest BCUT2D eigenvalue weighted by atomic mass is 10.1. The summed E-state index contributed by atoms with van der Waals surface area (Å²) in [6.45, 7) is 0.185. The third kappa shape index (κ3) is 9.06. The highest BCUT2D eigenvalue weighted by molar-refractivity contribution is 7.89. The molecule has 0 unspecified atom stereocenters. The Morgan fingerprint density at radius 2 is 1.55 bits per heavy atom. The van der Waals surface area contributed by atoms with E-state index in [-0.39, 0.29) is 30.4 Å². The minimum atomic E-state index is -3.93. The quantitative estimate of drug-likeness (QED) is 0.122. The van der Waals surface area contributed by atoms with Crippen molar-refractivity contribution in [1.82, 2.24) is 9.62 Å². The second kappa shape index (κ2) is 16.4. The number of carbonyl (C=O) groups excluding carboxylic acids is 3. The SMILES string of the molecule is COC(=O)c1ccc(OC[C@@H]2C[C@H](NS(=O)(=O)c3ccc4ccccc4c3)CN2C(=O)Cc2ccc(NC(=O)Nc3ccccc3Cl)c(OC)c2)cc1. The number of nitrogens with zero attached hydrogens (tertiary/aromatic N) is 1. The number of hydrogen-bond acceptors (Lipinski definition) is 8. The Bertz CT molecular complexity index is 2250. The molecule has 12 nitrogen and oxygen atoms in total. The lowest BCUT2D eigenvalue weighted by Gasteiger charge is -2.25. The van der Waals surface area contributed by atoms with E-state index in [2.05, 4.69) is 15.4 Å². The molecule has 1 aliphatic rings. The lowest BCUT2D eigenvalue weighted by molar-refractivity contribution is -0.131. The van der Waals surface area contributed by atoms with Crippen LogP contribution in [0.3, 0.4) is 0 Å². The second-order valence-electron chi connectivity index (χ2n) is 12.4. The van der Waals surface area contributed by atoms with Crippen molar-refractivity contribution in [2.45, 2.75) is 29.8 Å². The molecule has 0 aromatic heterocycles. The fourth-order valence-electron chi connectivity index (χ4n) is 6.15. The maximum absolute atomic E-state index is 13.9. The van der Waals surface area contributed by atoms with Crippen LogP contribution in [0, 0.1) is 0 Å². The zero-order valence-corrected chi connectivity index (χ0v) is 30.4. The number of urea groups is 1. The molecule has 5 aromatic carbocycles. The van der Waals surface area contributed by atoms with Crippen LogP contribution in [0.25, 0.3) is 10.8 Å². The smallest absolute Gasteiger partial charge is 0.337 e. The number of amides is 3. The van der Waals surface area contributed by atoms with E-state index in [0.29, 0.717) is 45.4 Å². The molecule has 0 aliphatic carbocycles. The highest BCUT2D eigenvalue weighted by Crippen LogP contribution is 2.29. The van der Waals surface area contributed by atoms with E-state index in [4.69, 9.17) is 25.8 Å². The van der Waals surface area contributed by atoms with E-state index in [0.717, 1.165) is 10.8 Å². The van der Waals surface area contributed by atoms with Gasteiger partial charge >= 0.3 is 12.0 Å². The van der Waals surface area contributed by atoms with Crippen molar-refractivity contribution in [3.63, 3.8) is 0 Å². The number of ether oxygens (including phenoxy) is 3. The zero-order chi connectivity index (χ0) is 37.5. The molecule has 1 heterocycles. The van der Waals surface area contributed by atoms with Gasteiger partial charge in [0.15, 0.2) is 0 Å². The minimum Gasteiger partial charge on any atom is -0.495 e. The number of rotatable bonds is 12. The van der Waals surface area contributed by atoms with Crippen LogP contribution < -0.4 is 24.8 Å². The number of halogens is 1. The molecule has 5 aromatic rings. The summed E-state index contributed by atoms with van der Waals surface area (Å²) in [4.78, 5) is 40.2. The summed E-state index contributed by atoms with van der Waals surface area (Å²) >= 11 is 6.16. The van der Waals surface area contributed by atoms with Crippen molar-refractivity contribution in [3.05, 3.63) is 125 Å². The average molecular weight is 757 g/mol. The molecule has 0 radical (unpaired) electrons. The molecule has 0 bridgehead atoms. The molecule has 0 spiro atoms. The van der Waals surface area contributed by atoms with Crippen molar-refractivity contribution in [2.24, 2.45) is 0 Å². The van der Waals surface area contributed by atoms with Crippen LogP contribution >= 0.6 is 11.6 Å². The maximum Gasteiger partial charge on any atom is 0.337 e. The molecular weight excluding hydrogens is 720 g/mol. The number of carbonyl (C=O) groups is 3. The predicted molar refractivity (Wildman–Crippen MR) is 202 cm³/mol. The fourth-order valence-corrected chi connectivity index (χ4v) is 7.61. The molecule has 0 saturated carbocycles. The molecule has 1 fully saturated rings. The first-order valence-electron chi connectivity index (χ1n) is 16.6. The first-order valence-corrected chi connectivity index (χ1v) is 18.5. The van der Waals surface area contributed by atoms with Gasteiger partial charge in [0, 0.05) is 12.6 Å². The van der Waals surface area contributed by atoms with Gasteiger partial charge in [0.2, 0.25) is 15.9 Å². The summed E-state index contributed by atoms with van der Waals surface area (Å²) in [5.74, 6) is 0.0664. The molecule has 53 heavy (non-hydrogen) atoms. The van der Waals surface area contributed by atoms with Gasteiger partial charge in [-0.15, -0.1) is 0 Å². The van der Waals surface area contributed by atoms with E-state index < -0.39 is 34.1 Å². The van der Waals surface area contributed by atoms with Gasteiger partial charge in [-0.3, -0.25) is 4.79 Å². The first-order chi connectivity index (χ1) is 25.5. The van der Waals surface area contributed by atoms with Crippen molar-refractivity contribution in [2.75, 3.05) is 38.0 Å². The number of likely N-dealkylation sites (tertiary alicyclic amines) is 1. The number of anilines is 2. The monoisotopic (exact) mass is 756 g/mol. The molecule has 274 valence electrons. The van der Waals surface area contributed by atoms with Crippen molar-refractivity contribution >= 4 is 61.7 Å². The van der Waals surface area contributed by atoms with Gasteiger partial charge in [-0.1, -0.05) is 60.1 Å². The summed E-state index contributed by atoms with van der Waals surface area (Å²) in [5, 5.41) is 7.53. The zero-order valence-electron chi connectivity index (χ0n) is 28.9. The number of benzene rings is 5. The topological polar surface area (TPSA) is 152 Å². The van der Waals surface area contributed by atoms with Crippen LogP contribution in [0.4, 0.5) is 16.2 Å². The Labute approximate surface area is 312 Å². The number of hydrogen-bond donors (Lipinski definition) is 3. The molecule has 14 heteroatoms. The highest BCUT2D eigenvalue weighted by Gasteiger charge is 2.38. The Balaban J connectivity index is 1.17. The number of fused-ring (bicyclic) bond motifs is 1. The predicted octanol–water partition coefficient (Wildman–Crippen LogP) is 6.50. The Morgan fingerprint density at radius 3 is 2.28 bits per heavy atom. The van der Waals surface area contributed by atoms with E-state index in [1.807, 2.05) is 24.3 Å². The van der Waals surface area contributed by atoms with Crippen LogP contribution in [0.15, 0.2) is 114 Å². The number of nitrogens with one attached hydrogen (secondary N) is 3. The highest BCUT2D eigenvalue weighted by atomic mass is 35.5. The largest absolute Gasteiger partial charge is 0.495 e. The molecule has 3 amide bonds. The van der Waals surface area contributed by atoms with Gasteiger partial charge in [0.1, 0.15) is 18.1 Å². The van der Waals surface area contributed by atoms with Gasteiger partial charge < -0.3 is 29.7 Å². The summed E-state index contributed by atoms with van der Waals surface area (Å²) in [5.41, 5.74) is 1.79. The summed E-state index contributed by atoms with van der Waals surface area (Å²) in [7, 11) is -1.18. The minimum absolute atomic E-state index is 0.0308. The molecule has 2 atom stereocenters. The molecule has 3 N–H and O–H groups in total. The van der Waals surface area contributed by atoms with Gasteiger partial charge in [0.05, 0.1) is 53.5 Å². The van der Waals surface area contributed by atoms with Crippen LogP contribution in [-0.2, 0) is 26.0 Å². The Kier molecular flexibility index (Phi) is 11.5. The molecular formula is C39H37ClN4O8S. The fraction of sp³-hybridized carbons (Fsp3) is 0.205. The Hall–Kier alpha value is -5.63. The van der Waals surface area contributed by atoms with Gasteiger partial charge in [-0.2, -0.15) is 0 Å². The van der Waals surface area contributed by atoms with Gasteiger partial charge in [0.25, 0.3) is 0 Å². The molecule has 6 rings (SSSR count). The van der Waals surface area contributed by atoms with Crippen molar-refractivity contribution in [3.8, 4) is 11.5 Å². The van der Waals surface area contributed by atoms with Crippen molar-refractivity contribution in [1.29, 1.82) is 0 Å². The third-order valence-corrected chi connectivity index (χ3v) is 10.6. The second-order valence-corrected chi connectivity index (χ2v) is 14.5. The number of para-hydroxylation sites is 1. The number of methoxy groups -OCH3 is 2. The summed E-state index contributed by atoms with van der Waals surface area (Å²) < 4.78 is 46.2. The Morgan fingerprint density at radius 1 is 0.830 bits per heavy atom. The van der Waals surface area contributed by atoms with Crippen LogP contribution in [0.1, 0.15) is 22.3 Å². The van der Waals surface area contributed by atoms with E-state index in [1.165, 1.54) is 14.2 Å². The third-order valence-electron chi connectivity index (χ3n) is 8.80. The van der Waals surface area contributed by atoms with Crippen LogP contribution in [-0.4, -0.2) is 70.7 Å². The molecule has 1 aliphatic heterocycles. The molecule has 1 saturated heterocycles. The van der Waals surface area contributed by atoms with Crippen molar-refractivity contribution < 1.29 is 37.0 Å². The van der Waals surface area contributed by atoms with Crippen LogP contribution in [0.5, 0.6) is 11.5 Å². The average Bonchev–Trinajstić information content (AvgIpc) is 3.57. The summed E-state index contributed by atoms with van der Waals surface area (Å²) in [6, 6.07) is 29.1. The van der Waals surface area contributed by atoms with Gasteiger partial charge in [-0.25, -0.2) is 22.7 Å². The maximum atomic E-state index is 13.9. The number of sulfonamides is 1. The summed E-state index contributed by atoms with van der Waals surface area (Å²) in [6.07, 6.45) is 0.266. The van der Waals surface area contributed by atoms with Crippen LogP contribution in [0.2, 0.25) is 5.02 Å².